The summed E-state index contributed by atoms with van der Waals surface area (Å²) >= 11 is 0. The molecule has 0 fully saturated rings. The van der Waals surface area contributed by atoms with Crippen LogP contribution in [0.15, 0.2) is 60.7 Å². The molecule has 1 aliphatic rings. The first kappa shape index (κ1) is 24.1. The van der Waals surface area contributed by atoms with Crippen LogP contribution in [0.5, 0.6) is 5.75 Å². The molecular weight excluding hydrogens is 426 g/mol. The van der Waals surface area contributed by atoms with E-state index in [9.17, 15) is 9.90 Å². The number of aliphatic hydroxyl groups excluding tert-OH is 1. The summed E-state index contributed by atoms with van der Waals surface area (Å²) in [5.41, 5.74) is 3.47. The number of carbonyl (C=O) groups is 1. The molecule has 0 radical (unpaired) electrons. The lowest BCUT2D eigenvalue weighted by molar-refractivity contribution is -0.145. The number of aliphatic hydroxyl groups is 1. The van der Waals surface area contributed by atoms with E-state index in [1.807, 2.05) is 30.3 Å². The first-order valence-electron chi connectivity index (χ1n) is 10.9. The third-order valence-corrected chi connectivity index (χ3v) is 5.83. The zero-order valence-corrected chi connectivity index (χ0v) is 19.1. The topological polar surface area (TPSA) is 67.8 Å². The fraction of sp³-hybridized carbons (Fsp3) is 0.346. The molecule has 6 heteroatoms. The van der Waals surface area contributed by atoms with Gasteiger partial charge in [0.2, 0.25) is 0 Å². The van der Waals surface area contributed by atoms with Gasteiger partial charge in [0.15, 0.2) is 6.61 Å². The molecule has 2 N–H and O–H groups in total. The lowest BCUT2D eigenvalue weighted by Crippen LogP contribution is -2.37. The third kappa shape index (κ3) is 6.00. The average molecular weight is 456 g/mol. The number of aryl methyl sites for hydroxylation is 1. The Morgan fingerprint density at radius 1 is 1.09 bits per heavy atom. The largest absolute Gasteiger partial charge is 0.482 e. The molecule has 0 unspecified atom stereocenters. The van der Waals surface area contributed by atoms with Gasteiger partial charge in [-0.05, 0) is 71.8 Å². The van der Waals surface area contributed by atoms with Crippen molar-refractivity contribution in [2.75, 3.05) is 19.8 Å². The van der Waals surface area contributed by atoms with Crippen molar-refractivity contribution in [1.82, 2.24) is 5.32 Å². The second kappa shape index (κ2) is 11.3. The lowest BCUT2D eigenvalue weighted by atomic mass is 9.88. The third-order valence-electron chi connectivity index (χ3n) is 5.83. The molecule has 0 saturated heterocycles. The molecular formula is C26H30ClNO4. The summed E-state index contributed by atoms with van der Waals surface area (Å²) in [4.78, 5) is 11.5. The molecule has 0 heterocycles. The Balaban J connectivity index is 0.00000289. The Hall–Kier alpha value is -2.60. The zero-order chi connectivity index (χ0) is 21.6. The molecule has 0 aliphatic heterocycles. The van der Waals surface area contributed by atoms with E-state index in [-0.39, 0.29) is 25.0 Å². The van der Waals surface area contributed by atoms with Gasteiger partial charge < -0.3 is 19.9 Å². The molecule has 4 rings (SSSR count). The molecule has 0 bridgehead atoms. The molecule has 0 aromatic heterocycles. The Morgan fingerprint density at radius 2 is 1.91 bits per heavy atom. The molecule has 1 aliphatic carbocycles. The highest BCUT2D eigenvalue weighted by Crippen LogP contribution is 2.26. The average Bonchev–Trinajstić information content (AvgIpc) is 2.80. The van der Waals surface area contributed by atoms with Crippen molar-refractivity contribution < 1.29 is 19.4 Å². The number of nitrogens with one attached hydrogen (secondary N) is 1. The molecule has 5 nitrogen and oxygen atoms in total. The van der Waals surface area contributed by atoms with Gasteiger partial charge in [-0.15, -0.1) is 12.4 Å². The number of hydrogen-bond acceptors (Lipinski definition) is 5. The standard InChI is InChI=1S/C26H29NO4.ClH/c1-2-30-26(29)17-31-24-12-10-19-9-11-23(14-22(19)15-24)27-16-25(28)21-8-7-18-5-3-4-6-20(18)13-21;/h3-8,10,12-13,15,23,25,27-28H,2,9,11,14,16-17H2,1H3;1H/t23-,25+;/m0./s1. The van der Waals surface area contributed by atoms with Crippen LogP contribution in [0, 0.1) is 0 Å². The summed E-state index contributed by atoms with van der Waals surface area (Å²) < 4.78 is 10.5. The highest BCUT2D eigenvalue weighted by molar-refractivity contribution is 5.85. The molecule has 3 aromatic carbocycles. The Kier molecular flexibility index (Phi) is 8.51. The first-order chi connectivity index (χ1) is 15.1. The lowest BCUT2D eigenvalue weighted by Gasteiger charge is -2.27. The monoisotopic (exact) mass is 455 g/mol. The quantitative estimate of drug-likeness (QED) is 0.493. The summed E-state index contributed by atoms with van der Waals surface area (Å²) in [6.45, 7) is 2.56. The number of esters is 1. The van der Waals surface area contributed by atoms with Crippen LogP contribution in [-0.2, 0) is 22.4 Å². The van der Waals surface area contributed by atoms with Gasteiger partial charge in [0.1, 0.15) is 5.75 Å². The molecule has 32 heavy (non-hydrogen) atoms. The fourth-order valence-electron chi connectivity index (χ4n) is 4.15. The normalized spacial score (nSPS) is 16.0. The Bertz CT molecular complexity index is 1050. The van der Waals surface area contributed by atoms with Crippen molar-refractivity contribution in [3.05, 3.63) is 77.4 Å². The number of rotatable bonds is 8. The minimum absolute atomic E-state index is 0. The highest BCUT2D eigenvalue weighted by Gasteiger charge is 2.20. The van der Waals surface area contributed by atoms with Gasteiger partial charge in [0.05, 0.1) is 12.7 Å². The van der Waals surface area contributed by atoms with E-state index in [1.54, 1.807) is 6.92 Å². The summed E-state index contributed by atoms with van der Waals surface area (Å²) in [6, 6.07) is 20.6. The molecule has 170 valence electrons. The maximum absolute atomic E-state index is 11.5. The van der Waals surface area contributed by atoms with Crippen molar-refractivity contribution in [1.29, 1.82) is 0 Å². The number of hydrogen-bond donors (Lipinski definition) is 2. The molecule has 0 saturated carbocycles. The predicted molar refractivity (Wildman–Crippen MR) is 129 cm³/mol. The van der Waals surface area contributed by atoms with Gasteiger partial charge in [0.25, 0.3) is 0 Å². The minimum atomic E-state index is -0.551. The van der Waals surface area contributed by atoms with Crippen molar-refractivity contribution in [2.45, 2.75) is 38.3 Å². The van der Waals surface area contributed by atoms with Crippen LogP contribution in [0.3, 0.4) is 0 Å². The van der Waals surface area contributed by atoms with E-state index < -0.39 is 6.10 Å². The van der Waals surface area contributed by atoms with Crippen molar-refractivity contribution in [3.63, 3.8) is 0 Å². The van der Waals surface area contributed by atoms with E-state index in [1.165, 1.54) is 16.5 Å². The predicted octanol–water partition coefficient (Wildman–Crippen LogP) is 4.38. The van der Waals surface area contributed by atoms with E-state index in [0.29, 0.717) is 24.9 Å². The van der Waals surface area contributed by atoms with Crippen molar-refractivity contribution in [2.24, 2.45) is 0 Å². The maximum atomic E-state index is 11.5. The maximum Gasteiger partial charge on any atom is 0.344 e. The second-order valence-electron chi connectivity index (χ2n) is 7.99. The van der Waals surface area contributed by atoms with Crippen molar-refractivity contribution >= 4 is 29.1 Å². The van der Waals surface area contributed by atoms with Gasteiger partial charge in [-0.1, -0.05) is 42.5 Å². The number of halogens is 1. The summed E-state index contributed by atoms with van der Waals surface area (Å²) in [6.07, 6.45) is 2.33. The minimum Gasteiger partial charge on any atom is -0.482 e. The Morgan fingerprint density at radius 3 is 2.72 bits per heavy atom. The number of fused-ring (bicyclic) bond motifs is 2. The summed E-state index contributed by atoms with van der Waals surface area (Å²) in [5.74, 6) is 0.325. The van der Waals surface area contributed by atoms with Crippen LogP contribution in [0.4, 0.5) is 0 Å². The van der Waals surface area contributed by atoms with Crippen LogP contribution in [0.2, 0.25) is 0 Å². The molecule has 2 atom stereocenters. The summed E-state index contributed by atoms with van der Waals surface area (Å²) in [7, 11) is 0. The second-order valence-corrected chi connectivity index (χ2v) is 7.99. The van der Waals surface area contributed by atoms with E-state index in [0.717, 1.165) is 30.2 Å². The van der Waals surface area contributed by atoms with Gasteiger partial charge in [-0.2, -0.15) is 0 Å². The van der Waals surface area contributed by atoms with Gasteiger partial charge in [0, 0.05) is 12.6 Å². The molecule has 3 aromatic rings. The van der Waals surface area contributed by atoms with Gasteiger partial charge in [-0.25, -0.2) is 4.79 Å². The number of ether oxygens (including phenoxy) is 2. The van der Waals surface area contributed by atoms with Crippen LogP contribution < -0.4 is 10.1 Å². The van der Waals surface area contributed by atoms with Gasteiger partial charge in [-0.3, -0.25) is 0 Å². The van der Waals surface area contributed by atoms with E-state index in [2.05, 4.69) is 35.6 Å². The first-order valence-corrected chi connectivity index (χ1v) is 10.9. The molecule has 0 spiro atoms. The van der Waals surface area contributed by atoms with Gasteiger partial charge >= 0.3 is 5.97 Å². The van der Waals surface area contributed by atoms with Crippen LogP contribution >= 0.6 is 12.4 Å². The zero-order valence-electron chi connectivity index (χ0n) is 18.3. The SMILES string of the molecule is CCOC(=O)COc1ccc2c(c1)C[C@@H](NC[C@@H](O)c1ccc3ccccc3c1)CC2.Cl. The van der Waals surface area contributed by atoms with Crippen LogP contribution in [0.25, 0.3) is 10.8 Å². The van der Waals surface area contributed by atoms with Crippen molar-refractivity contribution in [3.8, 4) is 5.75 Å². The van der Waals surface area contributed by atoms with E-state index in [4.69, 9.17) is 9.47 Å². The van der Waals surface area contributed by atoms with Crippen LogP contribution in [0.1, 0.15) is 36.1 Å². The highest BCUT2D eigenvalue weighted by atomic mass is 35.5. The Labute approximate surface area is 195 Å². The number of benzene rings is 3. The molecule has 0 amide bonds. The smallest absolute Gasteiger partial charge is 0.344 e. The number of carbonyl (C=O) groups excluding carboxylic acids is 1. The fourth-order valence-corrected chi connectivity index (χ4v) is 4.15. The van der Waals surface area contributed by atoms with E-state index >= 15 is 0 Å². The van der Waals surface area contributed by atoms with Crippen LogP contribution in [-0.4, -0.2) is 36.9 Å². The summed E-state index contributed by atoms with van der Waals surface area (Å²) in [5, 5.41) is 16.5.